The Labute approximate surface area is 151 Å². The van der Waals surface area contributed by atoms with Gasteiger partial charge in [0, 0.05) is 11.4 Å². The molecule has 0 aliphatic carbocycles. The van der Waals surface area contributed by atoms with Gasteiger partial charge in [-0.25, -0.2) is 9.59 Å². The van der Waals surface area contributed by atoms with Crippen LogP contribution >= 0.6 is 11.3 Å². The number of esters is 1. The Bertz CT molecular complexity index is 717. The maximum Gasteiger partial charge on any atom is 0.471 e. The molecule has 0 saturated heterocycles. The third-order valence-corrected chi connectivity index (χ3v) is 4.68. The summed E-state index contributed by atoms with van der Waals surface area (Å²) in [5.41, 5.74) is 0.388. The second kappa shape index (κ2) is 7.94. The van der Waals surface area contributed by atoms with Gasteiger partial charge in [0.15, 0.2) is 0 Å². The smallest absolute Gasteiger partial charge is 0.462 e. The first kappa shape index (κ1) is 20.0. The number of carbonyl (C=O) groups excluding carboxylic acids is 3. The van der Waals surface area contributed by atoms with Crippen LogP contribution in [0.2, 0.25) is 0 Å². The number of ether oxygens (including phenoxy) is 2. The third-order valence-electron chi connectivity index (χ3n) is 3.55. The van der Waals surface area contributed by atoms with Gasteiger partial charge in [-0.3, -0.25) is 4.79 Å². The maximum atomic E-state index is 12.6. The van der Waals surface area contributed by atoms with Crippen LogP contribution in [0, 0.1) is 0 Å². The van der Waals surface area contributed by atoms with E-state index in [-0.39, 0.29) is 43.3 Å². The van der Waals surface area contributed by atoms with E-state index in [2.05, 4.69) is 0 Å². The van der Waals surface area contributed by atoms with E-state index in [1.807, 2.05) is 0 Å². The van der Waals surface area contributed by atoms with E-state index >= 15 is 0 Å². The van der Waals surface area contributed by atoms with Crippen molar-refractivity contribution in [1.82, 2.24) is 4.90 Å². The number of alkyl halides is 3. The van der Waals surface area contributed by atoms with Crippen molar-refractivity contribution in [2.45, 2.75) is 33.0 Å². The molecule has 2 amide bonds. The molecule has 0 fully saturated rings. The van der Waals surface area contributed by atoms with Gasteiger partial charge in [0.25, 0.3) is 0 Å². The average Bonchev–Trinajstić information content (AvgIpc) is 2.91. The first-order valence-electron chi connectivity index (χ1n) is 7.80. The van der Waals surface area contributed by atoms with E-state index < -0.39 is 24.1 Å². The lowest BCUT2D eigenvalue weighted by Gasteiger charge is -2.26. The van der Waals surface area contributed by atoms with Crippen LogP contribution in [0.3, 0.4) is 0 Å². The summed E-state index contributed by atoms with van der Waals surface area (Å²) in [5, 5.41) is 1.50. The molecule has 144 valence electrons. The van der Waals surface area contributed by atoms with Crippen LogP contribution in [0.1, 0.15) is 34.6 Å². The summed E-state index contributed by atoms with van der Waals surface area (Å²) in [4.78, 5) is 37.2. The zero-order valence-corrected chi connectivity index (χ0v) is 14.9. The van der Waals surface area contributed by atoms with Gasteiger partial charge in [-0.1, -0.05) is 0 Å². The van der Waals surface area contributed by atoms with Gasteiger partial charge in [0.1, 0.15) is 5.00 Å². The Morgan fingerprint density at radius 2 is 1.85 bits per heavy atom. The molecule has 2 rings (SSSR count). The molecule has 2 heterocycles. The van der Waals surface area contributed by atoms with Gasteiger partial charge < -0.3 is 19.7 Å². The number of nitrogens with zero attached hydrogens (tertiary/aromatic N) is 1. The number of hydrogen-bond donors (Lipinski definition) is 1. The molecule has 1 aliphatic heterocycles. The predicted molar refractivity (Wildman–Crippen MR) is 86.1 cm³/mol. The molecule has 1 aromatic heterocycles. The van der Waals surface area contributed by atoms with Gasteiger partial charge in [-0.2, -0.15) is 13.2 Å². The summed E-state index contributed by atoms with van der Waals surface area (Å²) in [6.45, 7) is 3.75. The van der Waals surface area contributed by atoms with E-state index in [9.17, 15) is 27.6 Å². The highest BCUT2D eigenvalue weighted by atomic mass is 32.1. The van der Waals surface area contributed by atoms with E-state index in [1.54, 1.807) is 19.2 Å². The van der Waals surface area contributed by atoms with E-state index in [1.165, 1.54) is 4.90 Å². The second-order valence-corrected chi connectivity index (χ2v) is 6.36. The van der Waals surface area contributed by atoms with Crippen molar-refractivity contribution in [2.24, 2.45) is 0 Å². The number of carbonyl (C=O) groups is 3. The molecule has 26 heavy (non-hydrogen) atoms. The van der Waals surface area contributed by atoms with Crippen LogP contribution in [0.15, 0.2) is 0 Å². The molecule has 0 aromatic carbocycles. The monoisotopic (exact) mass is 394 g/mol. The number of nitrogens with one attached hydrogen (secondary N) is 1. The van der Waals surface area contributed by atoms with Crippen LogP contribution < -0.4 is 5.32 Å². The topological polar surface area (TPSA) is 84.9 Å². The van der Waals surface area contributed by atoms with Gasteiger partial charge >= 0.3 is 24.1 Å². The SMILES string of the molecule is CCOC(=O)c1c(NC(=O)C(F)(F)F)sc2c1CCN(C(=O)OCC)C2. The van der Waals surface area contributed by atoms with Crippen molar-refractivity contribution >= 4 is 34.3 Å². The van der Waals surface area contributed by atoms with Gasteiger partial charge in [-0.05, 0) is 25.8 Å². The number of amides is 2. The van der Waals surface area contributed by atoms with Crippen molar-refractivity contribution in [1.29, 1.82) is 0 Å². The lowest BCUT2D eigenvalue weighted by molar-refractivity contribution is -0.167. The first-order valence-corrected chi connectivity index (χ1v) is 8.62. The van der Waals surface area contributed by atoms with Crippen LogP contribution in [-0.2, 0) is 27.2 Å². The Kier molecular flexibility index (Phi) is 6.11. The summed E-state index contributed by atoms with van der Waals surface area (Å²) in [5.74, 6) is -2.99. The van der Waals surface area contributed by atoms with Gasteiger partial charge in [0.05, 0.1) is 25.3 Å². The number of halogens is 3. The number of hydrogen-bond acceptors (Lipinski definition) is 6. The van der Waals surface area contributed by atoms with E-state index in [0.29, 0.717) is 10.4 Å². The maximum absolute atomic E-state index is 12.6. The molecular formula is C15H17F3N2O5S. The molecule has 7 nitrogen and oxygen atoms in total. The zero-order chi connectivity index (χ0) is 19.5. The fourth-order valence-corrected chi connectivity index (χ4v) is 3.70. The van der Waals surface area contributed by atoms with Crippen LogP contribution in [-0.4, -0.2) is 48.8 Å². The van der Waals surface area contributed by atoms with Crippen molar-refractivity contribution in [3.8, 4) is 0 Å². The van der Waals surface area contributed by atoms with Crippen LogP contribution in [0.25, 0.3) is 0 Å². The minimum atomic E-state index is -5.09. The summed E-state index contributed by atoms with van der Waals surface area (Å²) >= 11 is 0.818. The molecular weight excluding hydrogens is 377 g/mol. The van der Waals surface area contributed by atoms with E-state index in [4.69, 9.17) is 9.47 Å². The Morgan fingerprint density at radius 1 is 1.19 bits per heavy atom. The third kappa shape index (κ3) is 4.26. The van der Waals surface area contributed by atoms with E-state index in [0.717, 1.165) is 11.3 Å². The Hall–Kier alpha value is -2.30. The van der Waals surface area contributed by atoms with Crippen molar-refractivity contribution < 1.29 is 37.0 Å². The molecule has 1 aliphatic rings. The van der Waals surface area contributed by atoms with Gasteiger partial charge in [0.2, 0.25) is 0 Å². The van der Waals surface area contributed by atoms with Crippen molar-refractivity contribution in [3.63, 3.8) is 0 Å². The average molecular weight is 394 g/mol. The normalized spacial score (nSPS) is 13.8. The quantitative estimate of drug-likeness (QED) is 0.794. The number of fused-ring (bicyclic) bond motifs is 1. The van der Waals surface area contributed by atoms with Crippen molar-refractivity contribution in [2.75, 3.05) is 25.1 Å². The highest BCUT2D eigenvalue weighted by molar-refractivity contribution is 7.17. The highest BCUT2D eigenvalue weighted by Crippen LogP contribution is 2.38. The predicted octanol–water partition coefficient (Wildman–Crippen LogP) is 2.94. The molecule has 0 unspecified atom stereocenters. The molecule has 0 atom stereocenters. The standard InChI is InChI=1S/C15H17F3N2O5S/c1-3-24-12(21)10-8-5-6-20(14(23)25-4-2)7-9(8)26-11(10)19-13(22)15(16,17)18/h3-7H2,1-2H3,(H,19,22). The molecule has 0 saturated carbocycles. The molecule has 0 radical (unpaired) electrons. The first-order chi connectivity index (χ1) is 12.2. The van der Waals surface area contributed by atoms with Gasteiger partial charge in [-0.15, -0.1) is 11.3 Å². The largest absolute Gasteiger partial charge is 0.471 e. The Balaban J connectivity index is 2.35. The molecule has 1 N–H and O–H groups in total. The lowest BCUT2D eigenvalue weighted by atomic mass is 10.0. The summed E-state index contributed by atoms with van der Waals surface area (Å²) in [7, 11) is 0. The van der Waals surface area contributed by atoms with Crippen LogP contribution in [0.4, 0.5) is 23.0 Å². The lowest BCUT2D eigenvalue weighted by Crippen LogP contribution is -2.36. The minimum Gasteiger partial charge on any atom is -0.462 e. The summed E-state index contributed by atoms with van der Waals surface area (Å²) < 4.78 is 47.5. The zero-order valence-electron chi connectivity index (χ0n) is 14.1. The molecule has 1 aromatic rings. The molecule has 0 spiro atoms. The molecule has 11 heteroatoms. The fourth-order valence-electron chi connectivity index (χ4n) is 2.46. The fraction of sp³-hybridized carbons (Fsp3) is 0.533. The number of anilines is 1. The summed E-state index contributed by atoms with van der Waals surface area (Å²) in [6, 6.07) is 0. The number of rotatable bonds is 4. The molecule has 0 bridgehead atoms. The Morgan fingerprint density at radius 3 is 2.42 bits per heavy atom. The summed E-state index contributed by atoms with van der Waals surface area (Å²) in [6.07, 6.45) is -5.40. The van der Waals surface area contributed by atoms with Crippen molar-refractivity contribution in [3.05, 3.63) is 16.0 Å². The highest BCUT2D eigenvalue weighted by Gasteiger charge is 2.40. The van der Waals surface area contributed by atoms with Crippen LogP contribution in [0.5, 0.6) is 0 Å². The minimum absolute atomic E-state index is 0.0328. The second-order valence-electron chi connectivity index (χ2n) is 5.25. The number of thiophene rings is 1.